The van der Waals surface area contributed by atoms with Crippen LogP contribution in [0.25, 0.3) is 0 Å². The number of esters is 1. The van der Waals surface area contributed by atoms with Crippen molar-refractivity contribution >= 4 is 11.8 Å². The van der Waals surface area contributed by atoms with E-state index in [2.05, 4.69) is 17.9 Å². The van der Waals surface area contributed by atoms with E-state index in [9.17, 15) is 9.59 Å². The molecule has 0 amide bonds. The van der Waals surface area contributed by atoms with Gasteiger partial charge < -0.3 is 4.74 Å². The summed E-state index contributed by atoms with van der Waals surface area (Å²) in [7, 11) is 0. The zero-order valence-electron chi connectivity index (χ0n) is 8.33. The summed E-state index contributed by atoms with van der Waals surface area (Å²) in [6.45, 7) is 6.75. The number of hydrogen-bond donors (Lipinski definition) is 0. The lowest BCUT2D eigenvalue weighted by molar-refractivity contribution is -0.138. The van der Waals surface area contributed by atoms with Crippen LogP contribution in [0.2, 0.25) is 0 Å². The van der Waals surface area contributed by atoms with E-state index < -0.39 is 0 Å². The molecule has 78 valence electrons. The van der Waals surface area contributed by atoms with E-state index in [-0.39, 0.29) is 11.8 Å². The van der Waals surface area contributed by atoms with Crippen molar-refractivity contribution < 1.29 is 14.3 Å². The predicted octanol–water partition coefficient (Wildman–Crippen LogP) is 2.38. The van der Waals surface area contributed by atoms with Crippen LogP contribution in [-0.2, 0) is 14.3 Å². The lowest BCUT2D eigenvalue weighted by Crippen LogP contribution is -2.00. The van der Waals surface area contributed by atoms with E-state index in [1.54, 1.807) is 6.08 Å². The van der Waals surface area contributed by atoms with Crippen LogP contribution in [-0.4, -0.2) is 11.8 Å². The lowest BCUT2D eigenvalue weighted by atomic mass is 10.1. The standard InChI is InChI=1S/C11H16O3/c1-3-7-10(12)8-5-6-9-11(13)14-4-2/h3-4H,1-2,5-9H2. The molecular weight excluding hydrogens is 180 g/mol. The van der Waals surface area contributed by atoms with Crippen LogP contribution >= 0.6 is 0 Å². The highest BCUT2D eigenvalue weighted by Crippen LogP contribution is 2.03. The van der Waals surface area contributed by atoms with Crippen molar-refractivity contribution in [1.29, 1.82) is 0 Å². The minimum absolute atomic E-state index is 0.164. The van der Waals surface area contributed by atoms with Crippen molar-refractivity contribution in [2.24, 2.45) is 0 Å². The molecule has 0 aliphatic rings. The molecule has 0 aromatic heterocycles. The van der Waals surface area contributed by atoms with Crippen LogP contribution in [0.5, 0.6) is 0 Å². The monoisotopic (exact) mass is 196 g/mol. The third-order valence-electron chi connectivity index (χ3n) is 1.67. The topological polar surface area (TPSA) is 43.4 Å². The summed E-state index contributed by atoms with van der Waals surface area (Å²) in [5.74, 6) is -0.131. The Morgan fingerprint density at radius 2 is 1.79 bits per heavy atom. The number of ketones is 1. The van der Waals surface area contributed by atoms with Crippen LogP contribution in [0, 0.1) is 0 Å². The second-order valence-electron chi connectivity index (χ2n) is 2.90. The van der Waals surface area contributed by atoms with Crippen LogP contribution in [0.4, 0.5) is 0 Å². The highest BCUT2D eigenvalue weighted by molar-refractivity contribution is 5.79. The molecule has 0 aromatic carbocycles. The molecule has 0 saturated heterocycles. The zero-order chi connectivity index (χ0) is 10.8. The summed E-state index contributed by atoms with van der Waals surface area (Å²) < 4.78 is 4.52. The summed E-state index contributed by atoms with van der Waals surface area (Å²) in [4.78, 5) is 21.8. The Bertz CT molecular complexity index is 195. The van der Waals surface area contributed by atoms with E-state index in [1.165, 1.54) is 0 Å². The first-order valence-corrected chi connectivity index (χ1v) is 4.63. The van der Waals surface area contributed by atoms with E-state index >= 15 is 0 Å². The van der Waals surface area contributed by atoms with Gasteiger partial charge >= 0.3 is 5.97 Å². The number of carbonyl (C=O) groups is 2. The van der Waals surface area contributed by atoms with Gasteiger partial charge in [0.15, 0.2) is 0 Å². The highest BCUT2D eigenvalue weighted by Gasteiger charge is 2.02. The molecule has 0 fully saturated rings. The van der Waals surface area contributed by atoms with Gasteiger partial charge in [-0.1, -0.05) is 12.7 Å². The lowest BCUT2D eigenvalue weighted by Gasteiger charge is -1.98. The molecule has 0 aromatic rings. The molecule has 0 heterocycles. The summed E-state index contributed by atoms with van der Waals surface area (Å²) in [6.07, 6.45) is 5.37. The molecule has 0 aliphatic heterocycles. The molecule has 0 N–H and O–H groups in total. The maximum Gasteiger partial charge on any atom is 0.310 e. The molecule has 0 rings (SSSR count). The van der Waals surface area contributed by atoms with Crippen LogP contribution in [0.15, 0.2) is 25.5 Å². The van der Waals surface area contributed by atoms with Crippen molar-refractivity contribution in [3.8, 4) is 0 Å². The summed E-state index contributed by atoms with van der Waals surface area (Å²) in [5.41, 5.74) is 0. The molecule has 3 nitrogen and oxygen atoms in total. The van der Waals surface area contributed by atoms with Crippen LogP contribution in [0.3, 0.4) is 0 Å². The van der Waals surface area contributed by atoms with Crippen molar-refractivity contribution in [2.75, 3.05) is 0 Å². The number of hydrogen-bond acceptors (Lipinski definition) is 3. The normalized spacial score (nSPS) is 9.14. The Morgan fingerprint density at radius 3 is 2.36 bits per heavy atom. The largest absolute Gasteiger partial charge is 0.435 e. The number of unbranched alkanes of at least 4 members (excludes halogenated alkanes) is 1. The SMILES string of the molecule is C=CCC(=O)CCCCC(=O)OC=C. The molecule has 0 aliphatic carbocycles. The predicted molar refractivity (Wildman–Crippen MR) is 54.6 cm³/mol. The molecule has 0 radical (unpaired) electrons. The Hall–Kier alpha value is -1.38. The molecule has 0 bridgehead atoms. The fraction of sp³-hybridized carbons (Fsp3) is 0.455. The van der Waals surface area contributed by atoms with Gasteiger partial charge in [0.2, 0.25) is 0 Å². The first-order valence-electron chi connectivity index (χ1n) is 4.63. The average molecular weight is 196 g/mol. The number of ether oxygens (including phenoxy) is 1. The molecular formula is C11H16O3. The van der Waals surface area contributed by atoms with Gasteiger partial charge in [0.1, 0.15) is 5.78 Å². The van der Waals surface area contributed by atoms with Gasteiger partial charge in [-0.2, -0.15) is 0 Å². The fourth-order valence-corrected chi connectivity index (χ4v) is 1.01. The van der Waals surface area contributed by atoms with Crippen molar-refractivity contribution in [1.82, 2.24) is 0 Å². The summed E-state index contributed by atoms with van der Waals surface area (Å²) in [6, 6.07) is 0. The second-order valence-corrected chi connectivity index (χ2v) is 2.90. The van der Waals surface area contributed by atoms with Gasteiger partial charge in [-0.15, -0.1) is 6.58 Å². The molecule has 3 heteroatoms. The number of allylic oxidation sites excluding steroid dienone is 1. The summed E-state index contributed by atoms with van der Waals surface area (Å²) in [5, 5.41) is 0. The number of carbonyl (C=O) groups excluding carboxylic acids is 2. The molecule has 0 saturated carbocycles. The maximum absolute atomic E-state index is 11.0. The first-order chi connectivity index (χ1) is 6.70. The second kappa shape index (κ2) is 8.23. The number of Topliss-reactive ketones (excluding diaryl/α,β-unsaturated/α-hetero) is 1. The average Bonchev–Trinajstić information content (AvgIpc) is 2.13. The Morgan fingerprint density at radius 1 is 1.14 bits per heavy atom. The third-order valence-corrected chi connectivity index (χ3v) is 1.67. The smallest absolute Gasteiger partial charge is 0.310 e. The Balaban J connectivity index is 3.36. The molecule has 14 heavy (non-hydrogen) atoms. The van der Waals surface area contributed by atoms with E-state index in [4.69, 9.17) is 0 Å². The highest BCUT2D eigenvalue weighted by atomic mass is 16.5. The molecule has 0 unspecified atom stereocenters. The molecule has 0 spiro atoms. The fourth-order valence-electron chi connectivity index (χ4n) is 1.01. The first kappa shape index (κ1) is 12.6. The third kappa shape index (κ3) is 7.28. The van der Waals surface area contributed by atoms with Gasteiger partial charge in [-0.05, 0) is 12.8 Å². The quantitative estimate of drug-likeness (QED) is 0.259. The molecule has 0 atom stereocenters. The van der Waals surface area contributed by atoms with Crippen molar-refractivity contribution in [2.45, 2.75) is 32.1 Å². The van der Waals surface area contributed by atoms with E-state index in [0.29, 0.717) is 25.7 Å². The van der Waals surface area contributed by atoms with Gasteiger partial charge in [0, 0.05) is 19.3 Å². The van der Waals surface area contributed by atoms with Crippen LogP contribution in [0.1, 0.15) is 32.1 Å². The van der Waals surface area contributed by atoms with Crippen molar-refractivity contribution in [3.63, 3.8) is 0 Å². The zero-order valence-corrected chi connectivity index (χ0v) is 8.33. The van der Waals surface area contributed by atoms with E-state index in [1.807, 2.05) is 0 Å². The van der Waals surface area contributed by atoms with E-state index in [0.717, 1.165) is 12.7 Å². The minimum Gasteiger partial charge on any atom is -0.435 e. The Labute approximate surface area is 84.4 Å². The summed E-state index contributed by atoms with van der Waals surface area (Å²) >= 11 is 0. The minimum atomic E-state index is -0.295. The van der Waals surface area contributed by atoms with Crippen LogP contribution < -0.4 is 0 Å². The number of rotatable bonds is 8. The van der Waals surface area contributed by atoms with Gasteiger partial charge in [0.25, 0.3) is 0 Å². The Kier molecular flexibility index (Phi) is 7.42. The van der Waals surface area contributed by atoms with Gasteiger partial charge in [-0.3, -0.25) is 9.59 Å². The maximum atomic E-state index is 11.0. The van der Waals surface area contributed by atoms with Gasteiger partial charge in [0.05, 0.1) is 6.26 Å². The van der Waals surface area contributed by atoms with Crippen molar-refractivity contribution in [3.05, 3.63) is 25.5 Å². The van der Waals surface area contributed by atoms with Gasteiger partial charge in [-0.25, -0.2) is 0 Å².